The second kappa shape index (κ2) is 4.51. The number of nitrogens with zero attached hydrogens (tertiary/aromatic N) is 1. The number of benzene rings is 1. The Morgan fingerprint density at radius 2 is 2.31 bits per heavy atom. The van der Waals surface area contributed by atoms with Gasteiger partial charge in [-0.3, -0.25) is 4.79 Å². The Morgan fingerprint density at radius 3 is 2.88 bits per heavy atom. The molecule has 2 rings (SSSR count). The molecular formula is C11H12BrFN2O. The molecule has 0 bridgehead atoms. The van der Waals surface area contributed by atoms with Crippen molar-refractivity contribution in [1.82, 2.24) is 4.90 Å². The van der Waals surface area contributed by atoms with E-state index >= 15 is 0 Å². The van der Waals surface area contributed by atoms with Gasteiger partial charge in [-0.2, -0.15) is 0 Å². The molecular weight excluding hydrogens is 275 g/mol. The molecule has 0 saturated carbocycles. The number of hydrogen-bond donors (Lipinski definition) is 1. The number of nitrogens with two attached hydrogens (primary N) is 1. The number of rotatable bonds is 2. The van der Waals surface area contributed by atoms with Crippen molar-refractivity contribution in [2.24, 2.45) is 5.73 Å². The van der Waals surface area contributed by atoms with Gasteiger partial charge < -0.3 is 10.6 Å². The summed E-state index contributed by atoms with van der Waals surface area (Å²) in [5, 5.41) is 0. The summed E-state index contributed by atoms with van der Waals surface area (Å²) in [5.74, 6) is -0.308. The first-order valence-corrected chi connectivity index (χ1v) is 5.83. The predicted molar refractivity (Wildman–Crippen MR) is 62.1 cm³/mol. The lowest BCUT2D eigenvalue weighted by Crippen LogP contribution is -2.28. The number of carbonyl (C=O) groups is 1. The molecule has 1 heterocycles. The third kappa shape index (κ3) is 2.41. The van der Waals surface area contributed by atoms with Gasteiger partial charge in [-0.05, 0) is 12.1 Å². The first-order valence-electron chi connectivity index (χ1n) is 5.03. The van der Waals surface area contributed by atoms with Crippen LogP contribution < -0.4 is 5.73 Å². The fourth-order valence-electron chi connectivity index (χ4n) is 1.81. The summed E-state index contributed by atoms with van der Waals surface area (Å²) in [6.07, 6.45) is 0.359. The van der Waals surface area contributed by atoms with Crippen LogP contribution in [0.1, 0.15) is 12.0 Å². The molecule has 1 aromatic carbocycles. The second-order valence-electron chi connectivity index (χ2n) is 3.97. The van der Waals surface area contributed by atoms with Crippen LogP contribution in [0.2, 0.25) is 0 Å². The van der Waals surface area contributed by atoms with Gasteiger partial charge in [0.25, 0.3) is 0 Å². The summed E-state index contributed by atoms with van der Waals surface area (Å²) in [6, 6.07) is 4.72. The number of halogens is 2. The van der Waals surface area contributed by atoms with E-state index in [-0.39, 0.29) is 17.8 Å². The van der Waals surface area contributed by atoms with Crippen LogP contribution in [0.25, 0.3) is 0 Å². The highest BCUT2D eigenvalue weighted by molar-refractivity contribution is 9.10. The fourth-order valence-corrected chi connectivity index (χ4v) is 2.14. The van der Waals surface area contributed by atoms with Gasteiger partial charge in [0.1, 0.15) is 5.82 Å². The van der Waals surface area contributed by atoms with Gasteiger partial charge in [-0.1, -0.05) is 22.0 Å². The molecule has 2 N–H and O–H groups in total. The van der Waals surface area contributed by atoms with Gasteiger partial charge in [-0.25, -0.2) is 4.39 Å². The Labute approximate surface area is 102 Å². The average Bonchev–Trinajstić information content (AvgIpc) is 2.50. The van der Waals surface area contributed by atoms with Gasteiger partial charge in [0.2, 0.25) is 5.91 Å². The summed E-state index contributed by atoms with van der Waals surface area (Å²) in [5.41, 5.74) is 6.19. The van der Waals surface area contributed by atoms with Crippen LogP contribution in [-0.2, 0) is 11.3 Å². The van der Waals surface area contributed by atoms with Crippen molar-refractivity contribution in [3.05, 3.63) is 34.1 Å². The molecule has 0 aromatic heterocycles. The maximum absolute atomic E-state index is 13.5. The van der Waals surface area contributed by atoms with Crippen LogP contribution in [0.15, 0.2) is 22.7 Å². The molecule has 16 heavy (non-hydrogen) atoms. The van der Waals surface area contributed by atoms with E-state index in [9.17, 15) is 9.18 Å². The zero-order valence-electron chi connectivity index (χ0n) is 8.62. The molecule has 1 unspecified atom stereocenters. The number of likely N-dealkylation sites (tertiary alicyclic amines) is 1. The molecule has 1 saturated heterocycles. The second-order valence-corrected chi connectivity index (χ2v) is 4.89. The Hall–Kier alpha value is -0.940. The van der Waals surface area contributed by atoms with E-state index in [1.54, 1.807) is 17.0 Å². The highest BCUT2D eigenvalue weighted by Crippen LogP contribution is 2.19. The maximum Gasteiger partial charge on any atom is 0.224 e. The summed E-state index contributed by atoms with van der Waals surface area (Å²) >= 11 is 3.19. The molecule has 3 nitrogen and oxygen atoms in total. The van der Waals surface area contributed by atoms with Crippen LogP contribution >= 0.6 is 15.9 Å². The Balaban J connectivity index is 2.12. The van der Waals surface area contributed by atoms with Crippen molar-refractivity contribution < 1.29 is 9.18 Å². The van der Waals surface area contributed by atoms with E-state index in [0.29, 0.717) is 29.5 Å². The van der Waals surface area contributed by atoms with E-state index in [4.69, 9.17) is 5.73 Å². The van der Waals surface area contributed by atoms with E-state index in [2.05, 4.69) is 15.9 Å². The van der Waals surface area contributed by atoms with Gasteiger partial charge in [0, 0.05) is 35.6 Å². The normalized spacial score (nSPS) is 20.6. The Bertz CT molecular complexity index is 424. The van der Waals surface area contributed by atoms with E-state index in [1.807, 2.05) is 0 Å². The first-order chi connectivity index (χ1) is 7.56. The molecule has 1 aromatic rings. The standard InChI is InChI=1S/C11H12BrFN2O/c12-8-2-1-7(10(13)3-8)5-15-6-9(14)4-11(15)16/h1-3,9H,4-6,14H2. The lowest BCUT2D eigenvalue weighted by atomic mass is 10.2. The molecule has 0 spiro atoms. The van der Waals surface area contributed by atoms with Crippen LogP contribution in [0, 0.1) is 5.82 Å². The van der Waals surface area contributed by atoms with Crippen molar-refractivity contribution in [2.45, 2.75) is 19.0 Å². The average molecular weight is 287 g/mol. The van der Waals surface area contributed by atoms with E-state index in [0.717, 1.165) is 0 Å². The van der Waals surface area contributed by atoms with E-state index in [1.165, 1.54) is 6.07 Å². The first kappa shape index (κ1) is 11.5. The molecule has 1 aliphatic heterocycles. The minimum absolute atomic E-state index is 0.00480. The van der Waals surface area contributed by atoms with Gasteiger partial charge >= 0.3 is 0 Å². The van der Waals surface area contributed by atoms with Crippen LogP contribution in [0.3, 0.4) is 0 Å². The quantitative estimate of drug-likeness (QED) is 0.899. The lowest BCUT2D eigenvalue weighted by molar-refractivity contribution is -0.128. The smallest absolute Gasteiger partial charge is 0.224 e. The van der Waals surface area contributed by atoms with Gasteiger partial charge in [0.15, 0.2) is 0 Å². The zero-order chi connectivity index (χ0) is 11.7. The summed E-state index contributed by atoms with van der Waals surface area (Å²) in [4.78, 5) is 13.1. The minimum atomic E-state index is -0.303. The van der Waals surface area contributed by atoms with E-state index < -0.39 is 0 Å². The highest BCUT2D eigenvalue weighted by Gasteiger charge is 2.27. The van der Waals surface area contributed by atoms with Crippen molar-refractivity contribution in [3.8, 4) is 0 Å². The topological polar surface area (TPSA) is 46.3 Å². The van der Waals surface area contributed by atoms with Gasteiger partial charge in [0.05, 0.1) is 0 Å². The van der Waals surface area contributed by atoms with Crippen molar-refractivity contribution >= 4 is 21.8 Å². The monoisotopic (exact) mass is 286 g/mol. The summed E-state index contributed by atoms with van der Waals surface area (Å²) in [6.45, 7) is 0.806. The third-order valence-electron chi connectivity index (χ3n) is 2.62. The summed E-state index contributed by atoms with van der Waals surface area (Å²) < 4.78 is 14.2. The van der Waals surface area contributed by atoms with Crippen molar-refractivity contribution in [3.63, 3.8) is 0 Å². The van der Waals surface area contributed by atoms with Gasteiger partial charge in [-0.15, -0.1) is 0 Å². The largest absolute Gasteiger partial charge is 0.337 e. The van der Waals surface area contributed by atoms with Crippen molar-refractivity contribution in [2.75, 3.05) is 6.54 Å². The zero-order valence-corrected chi connectivity index (χ0v) is 10.2. The molecule has 1 atom stereocenters. The Morgan fingerprint density at radius 1 is 1.56 bits per heavy atom. The van der Waals surface area contributed by atoms with Crippen molar-refractivity contribution in [1.29, 1.82) is 0 Å². The third-order valence-corrected chi connectivity index (χ3v) is 3.11. The molecule has 1 aliphatic rings. The molecule has 5 heteroatoms. The summed E-state index contributed by atoms with van der Waals surface area (Å²) in [7, 11) is 0. The molecule has 1 fully saturated rings. The van der Waals surface area contributed by atoms with Crippen LogP contribution in [0.4, 0.5) is 4.39 Å². The molecule has 0 aliphatic carbocycles. The fraction of sp³-hybridized carbons (Fsp3) is 0.364. The lowest BCUT2D eigenvalue weighted by Gasteiger charge is -2.16. The molecule has 0 radical (unpaired) electrons. The SMILES string of the molecule is NC1CC(=O)N(Cc2ccc(Br)cc2F)C1. The number of amides is 1. The van der Waals surface area contributed by atoms with Crippen LogP contribution in [0.5, 0.6) is 0 Å². The number of carbonyl (C=O) groups excluding carboxylic acids is 1. The number of hydrogen-bond acceptors (Lipinski definition) is 2. The molecule has 1 amide bonds. The predicted octanol–water partition coefficient (Wildman–Crippen LogP) is 1.65. The Kier molecular flexibility index (Phi) is 3.25. The minimum Gasteiger partial charge on any atom is -0.337 e. The van der Waals surface area contributed by atoms with Crippen LogP contribution in [-0.4, -0.2) is 23.4 Å². The maximum atomic E-state index is 13.5. The highest BCUT2D eigenvalue weighted by atomic mass is 79.9. The molecule has 86 valence electrons.